The van der Waals surface area contributed by atoms with Gasteiger partial charge in [-0.25, -0.2) is 4.98 Å². The van der Waals surface area contributed by atoms with E-state index in [1.807, 2.05) is 18.3 Å². The molecule has 1 fully saturated rings. The monoisotopic (exact) mass is 346 g/mol. The van der Waals surface area contributed by atoms with Gasteiger partial charge in [-0.05, 0) is 48.0 Å². The van der Waals surface area contributed by atoms with Crippen molar-refractivity contribution in [2.45, 2.75) is 25.7 Å². The third-order valence-corrected chi connectivity index (χ3v) is 3.50. The number of rotatable bonds is 8. The molecule has 3 nitrogen and oxygen atoms in total. The Bertz CT molecular complexity index is 325. The van der Waals surface area contributed by atoms with Crippen LogP contribution in [0.3, 0.4) is 0 Å². The highest BCUT2D eigenvalue weighted by Gasteiger charge is 2.14. The van der Waals surface area contributed by atoms with Gasteiger partial charge in [0.05, 0.1) is 6.61 Å². The minimum absolute atomic E-state index is 0.745. The Morgan fingerprint density at radius 3 is 2.71 bits per heavy atom. The number of aromatic nitrogens is 1. The van der Waals surface area contributed by atoms with Crippen LogP contribution in [0.4, 0.5) is 0 Å². The number of unbranched alkanes of at least 4 members (excludes halogenated alkanes) is 3. The van der Waals surface area contributed by atoms with Gasteiger partial charge in [0.2, 0.25) is 5.88 Å². The highest BCUT2D eigenvalue weighted by atomic mass is 127. The van der Waals surface area contributed by atoms with E-state index >= 15 is 0 Å². The topological polar surface area (TPSA) is 25.1 Å². The van der Waals surface area contributed by atoms with Crippen LogP contribution in [0, 0.1) is 3.57 Å². The van der Waals surface area contributed by atoms with Gasteiger partial charge in [0.25, 0.3) is 0 Å². The first-order valence-corrected chi connectivity index (χ1v) is 7.39. The molecule has 2 rings (SSSR count). The minimum Gasteiger partial charge on any atom is -0.478 e. The van der Waals surface area contributed by atoms with Crippen LogP contribution in [-0.2, 0) is 0 Å². The SMILES string of the molecule is Ic1ccc(OCCCCCCN2CC2)nc1. The van der Waals surface area contributed by atoms with Crippen LogP contribution in [0.5, 0.6) is 5.88 Å². The Labute approximate surface area is 117 Å². The fourth-order valence-corrected chi connectivity index (χ4v) is 2.03. The lowest BCUT2D eigenvalue weighted by atomic mass is 10.2. The number of pyridine rings is 1. The minimum atomic E-state index is 0.745. The summed E-state index contributed by atoms with van der Waals surface area (Å²) in [4.78, 5) is 6.69. The summed E-state index contributed by atoms with van der Waals surface area (Å²) < 4.78 is 6.72. The third kappa shape index (κ3) is 5.68. The third-order valence-electron chi connectivity index (χ3n) is 2.86. The van der Waals surface area contributed by atoms with Crippen molar-refractivity contribution in [1.82, 2.24) is 9.88 Å². The summed E-state index contributed by atoms with van der Waals surface area (Å²) in [6, 6.07) is 3.95. The smallest absolute Gasteiger partial charge is 0.213 e. The number of halogens is 1. The van der Waals surface area contributed by atoms with Crippen molar-refractivity contribution in [3.05, 3.63) is 21.9 Å². The molecule has 0 atom stereocenters. The Balaban J connectivity index is 1.46. The summed E-state index contributed by atoms with van der Waals surface area (Å²) in [6.07, 6.45) is 6.88. The van der Waals surface area contributed by atoms with Crippen LogP contribution in [0.25, 0.3) is 0 Å². The zero-order valence-corrected chi connectivity index (χ0v) is 12.2. The van der Waals surface area contributed by atoms with Gasteiger partial charge >= 0.3 is 0 Å². The second kappa shape index (κ2) is 7.16. The van der Waals surface area contributed by atoms with Crippen molar-refractivity contribution in [3.8, 4) is 5.88 Å². The highest BCUT2D eigenvalue weighted by molar-refractivity contribution is 14.1. The molecule has 4 heteroatoms. The summed E-state index contributed by atoms with van der Waals surface area (Å²) in [5, 5.41) is 0. The number of nitrogens with zero attached hydrogens (tertiary/aromatic N) is 2. The summed E-state index contributed by atoms with van der Waals surface area (Å²) in [6.45, 7) is 4.72. The van der Waals surface area contributed by atoms with Crippen molar-refractivity contribution < 1.29 is 4.74 Å². The quantitative estimate of drug-likeness (QED) is 0.411. The van der Waals surface area contributed by atoms with E-state index in [2.05, 4.69) is 32.5 Å². The van der Waals surface area contributed by atoms with E-state index in [1.54, 1.807) is 0 Å². The Morgan fingerprint density at radius 2 is 2.00 bits per heavy atom. The molecule has 1 saturated heterocycles. The summed E-state index contributed by atoms with van der Waals surface area (Å²) in [5.74, 6) is 0.745. The molecule has 2 heterocycles. The van der Waals surface area contributed by atoms with E-state index < -0.39 is 0 Å². The van der Waals surface area contributed by atoms with Gasteiger partial charge in [0.15, 0.2) is 0 Å². The molecule has 0 spiro atoms. The lowest BCUT2D eigenvalue weighted by molar-refractivity contribution is 0.292. The molecule has 0 saturated carbocycles. The lowest BCUT2D eigenvalue weighted by Crippen LogP contribution is -2.01. The van der Waals surface area contributed by atoms with Crippen LogP contribution in [0.2, 0.25) is 0 Å². The number of hydrogen-bond donors (Lipinski definition) is 0. The molecule has 0 amide bonds. The molecule has 1 aliphatic heterocycles. The van der Waals surface area contributed by atoms with Gasteiger partial charge in [0.1, 0.15) is 0 Å². The standard InChI is InChI=1S/C13H19IN2O/c14-12-5-6-13(15-11-12)17-10-4-2-1-3-7-16-8-9-16/h5-6,11H,1-4,7-10H2. The number of hydrogen-bond acceptors (Lipinski definition) is 3. The molecule has 94 valence electrons. The Hall–Kier alpha value is -0.360. The Morgan fingerprint density at radius 1 is 1.18 bits per heavy atom. The van der Waals surface area contributed by atoms with E-state index in [1.165, 1.54) is 38.9 Å². The summed E-state index contributed by atoms with van der Waals surface area (Å²) in [7, 11) is 0. The second-order valence-electron chi connectivity index (χ2n) is 4.42. The van der Waals surface area contributed by atoms with Gasteiger partial charge in [-0.2, -0.15) is 0 Å². The summed E-state index contributed by atoms with van der Waals surface area (Å²) >= 11 is 2.24. The van der Waals surface area contributed by atoms with E-state index in [0.29, 0.717) is 0 Å². The molecule has 0 radical (unpaired) electrons. The fourth-order valence-electron chi connectivity index (χ4n) is 1.71. The zero-order valence-electron chi connectivity index (χ0n) is 10.1. The molecule has 1 aromatic heterocycles. The van der Waals surface area contributed by atoms with Gasteiger partial charge in [0, 0.05) is 28.9 Å². The Kier molecular flexibility index (Phi) is 5.51. The van der Waals surface area contributed by atoms with Crippen molar-refractivity contribution in [3.63, 3.8) is 0 Å². The first kappa shape index (κ1) is 13.1. The molecule has 0 unspecified atom stereocenters. The van der Waals surface area contributed by atoms with E-state index in [0.717, 1.165) is 22.5 Å². The molecule has 17 heavy (non-hydrogen) atoms. The predicted octanol–water partition coefficient (Wildman–Crippen LogP) is 2.94. The van der Waals surface area contributed by atoms with Crippen molar-refractivity contribution >= 4 is 22.6 Å². The average molecular weight is 346 g/mol. The molecular formula is C13H19IN2O. The van der Waals surface area contributed by atoms with Crippen LogP contribution in [-0.4, -0.2) is 36.1 Å². The van der Waals surface area contributed by atoms with Crippen LogP contribution < -0.4 is 4.74 Å². The van der Waals surface area contributed by atoms with Gasteiger partial charge in [-0.3, -0.25) is 0 Å². The maximum atomic E-state index is 5.58. The van der Waals surface area contributed by atoms with Crippen LogP contribution in [0.1, 0.15) is 25.7 Å². The maximum absolute atomic E-state index is 5.58. The first-order valence-electron chi connectivity index (χ1n) is 6.31. The van der Waals surface area contributed by atoms with E-state index in [4.69, 9.17) is 4.74 Å². The lowest BCUT2D eigenvalue weighted by Gasteiger charge is -2.05. The zero-order chi connectivity index (χ0) is 11.9. The molecule has 0 N–H and O–H groups in total. The highest BCUT2D eigenvalue weighted by Crippen LogP contribution is 2.11. The van der Waals surface area contributed by atoms with Crippen molar-refractivity contribution in [1.29, 1.82) is 0 Å². The molecule has 0 bridgehead atoms. The van der Waals surface area contributed by atoms with Gasteiger partial charge in [-0.1, -0.05) is 12.8 Å². The normalized spacial score (nSPS) is 14.9. The second-order valence-corrected chi connectivity index (χ2v) is 5.66. The van der Waals surface area contributed by atoms with Gasteiger partial charge < -0.3 is 9.64 Å². The molecule has 1 aliphatic rings. The molecular weight excluding hydrogens is 327 g/mol. The largest absolute Gasteiger partial charge is 0.478 e. The van der Waals surface area contributed by atoms with Crippen molar-refractivity contribution in [2.75, 3.05) is 26.2 Å². The average Bonchev–Trinajstić information content (AvgIpc) is 3.14. The predicted molar refractivity (Wildman–Crippen MR) is 77.4 cm³/mol. The van der Waals surface area contributed by atoms with E-state index in [-0.39, 0.29) is 0 Å². The molecule has 0 aliphatic carbocycles. The van der Waals surface area contributed by atoms with E-state index in [9.17, 15) is 0 Å². The fraction of sp³-hybridized carbons (Fsp3) is 0.615. The van der Waals surface area contributed by atoms with Crippen LogP contribution >= 0.6 is 22.6 Å². The van der Waals surface area contributed by atoms with Gasteiger partial charge in [-0.15, -0.1) is 0 Å². The molecule has 0 aromatic carbocycles. The van der Waals surface area contributed by atoms with Crippen LogP contribution in [0.15, 0.2) is 18.3 Å². The summed E-state index contributed by atoms with van der Waals surface area (Å²) in [5.41, 5.74) is 0. The first-order chi connectivity index (χ1) is 8.34. The van der Waals surface area contributed by atoms with Crippen molar-refractivity contribution in [2.24, 2.45) is 0 Å². The number of ether oxygens (including phenoxy) is 1. The maximum Gasteiger partial charge on any atom is 0.213 e. The molecule has 1 aromatic rings.